The molecule has 0 aliphatic heterocycles. The minimum Gasteiger partial charge on any atom is -0.395 e. The molecule has 0 fully saturated rings. The van der Waals surface area contributed by atoms with E-state index >= 15 is 0 Å². The molecule has 0 aromatic heterocycles. The highest BCUT2D eigenvalue weighted by molar-refractivity contribution is 8.21. The molecule has 0 saturated carbocycles. The minimum atomic E-state index is -1.92. The third-order valence-electron chi connectivity index (χ3n) is 2.59. The molecular formula is C13H31NO5S. The van der Waals surface area contributed by atoms with Crippen LogP contribution in [0.4, 0.5) is 0 Å². The van der Waals surface area contributed by atoms with Gasteiger partial charge in [0.2, 0.25) is 0 Å². The summed E-state index contributed by atoms with van der Waals surface area (Å²) in [5.74, 6) is 0.704. The largest absolute Gasteiger partial charge is 0.395 e. The van der Waals surface area contributed by atoms with Crippen LogP contribution in [0.2, 0.25) is 0 Å². The van der Waals surface area contributed by atoms with E-state index in [0.29, 0.717) is 38.7 Å². The standard InChI is InChI=1S/C13H31NO5S/c1-4-17-20(18-5-2,19-6-3)13-7-8-14(9-11-15)10-12-16/h15-16H,4-13H2,1-3H3. The highest BCUT2D eigenvalue weighted by Gasteiger charge is 2.26. The van der Waals surface area contributed by atoms with Crippen LogP contribution in [-0.4, -0.2) is 73.5 Å². The van der Waals surface area contributed by atoms with Gasteiger partial charge in [-0.3, -0.25) is 17.4 Å². The summed E-state index contributed by atoms with van der Waals surface area (Å²) in [6, 6.07) is 0. The summed E-state index contributed by atoms with van der Waals surface area (Å²) in [7, 11) is -1.92. The fourth-order valence-electron chi connectivity index (χ4n) is 1.90. The van der Waals surface area contributed by atoms with E-state index in [2.05, 4.69) is 0 Å². The fourth-order valence-corrected chi connectivity index (χ4v) is 4.02. The Morgan fingerprint density at radius 1 is 0.800 bits per heavy atom. The van der Waals surface area contributed by atoms with Gasteiger partial charge in [0.05, 0.1) is 43.9 Å². The molecule has 0 saturated heterocycles. The predicted molar refractivity (Wildman–Crippen MR) is 82.6 cm³/mol. The van der Waals surface area contributed by atoms with Gasteiger partial charge >= 0.3 is 0 Å². The summed E-state index contributed by atoms with van der Waals surface area (Å²) in [5, 5.41) is 18.0. The molecule has 7 heteroatoms. The molecule has 20 heavy (non-hydrogen) atoms. The van der Waals surface area contributed by atoms with E-state index in [1.54, 1.807) is 0 Å². The Bertz CT molecular complexity index is 198. The molecule has 0 radical (unpaired) electrons. The first-order valence-corrected chi connectivity index (χ1v) is 8.93. The molecule has 0 aliphatic carbocycles. The molecule has 0 heterocycles. The average molecular weight is 313 g/mol. The van der Waals surface area contributed by atoms with Crippen molar-refractivity contribution in [1.29, 1.82) is 0 Å². The molecular weight excluding hydrogens is 282 g/mol. The molecule has 0 aromatic carbocycles. The molecule has 2 N–H and O–H groups in total. The number of rotatable bonds is 14. The van der Waals surface area contributed by atoms with Crippen molar-refractivity contribution in [2.24, 2.45) is 0 Å². The van der Waals surface area contributed by atoms with Gasteiger partial charge in [0.25, 0.3) is 0 Å². The van der Waals surface area contributed by atoms with Gasteiger partial charge < -0.3 is 10.2 Å². The highest BCUT2D eigenvalue weighted by Crippen LogP contribution is 2.51. The Kier molecular flexibility index (Phi) is 12.9. The Morgan fingerprint density at radius 2 is 1.25 bits per heavy atom. The summed E-state index contributed by atoms with van der Waals surface area (Å²) in [5.41, 5.74) is 0. The lowest BCUT2D eigenvalue weighted by atomic mass is 10.4. The zero-order valence-corrected chi connectivity index (χ0v) is 13.9. The van der Waals surface area contributed by atoms with Crippen molar-refractivity contribution in [2.45, 2.75) is 27.2 Å². The maximum absolute atomic E-state index is 8.98. The predicted octanol–water partition coefficient (Wildman–Crippen LogP) is 1.32. The quantitative estimate of drug-likeness (QED) is 0.504. The molecule has 0 amide bonds. The monoisotopic (exact) mass is 313 g/mol. The highest BCUT2D eigenvalue weighted by atomic mass is 32.3. The molecule has 0 aliphatic rings. The van der Waals surface area contributed by atoms with Gasteiger partial charge in [0.1, 0.15) is 0 Å². The number of hydrogen-bond donors (Lipinski definition) is 2. The lowest BCUT2D eigenvalue weighted by Crippen LogP contribution is -2.32. The Morgan fingerprint density at radius 3 is 1.60 bits per heavy atom. The molecule has 0 atom stereocenters. The van der Waals surface area contributed by atoms with Crippen LogP contribution in [-0.2, 0) is 12.5 Å². The molecule has 0 bridgehead atoms. The second-order valence-electron chi connectivity index (χ2n) is 4.12. The molecule has 124 valence electrons. The first-order valence-electron chi connectivity index (χ1n) is 7.36. The summed E-state index contributed by atoms with van der Waals surface area (Å²) >= 11 is 0. The van der Waals surface area contributed by atoms with Crippen LogP contribution in [0.3, 0.4) is 0 Å². The van der Waals surface area contributed by atoms with Crippen molar-refractivity contribution >= 4 is 10.9 Å². The van der Waals surface area contributed by atoms with E-state index in [4.69, 9.17) is 22.8 Å². The SMILES string of the molecule is CCOS(CCCN(CCO)CCO)(OCC)OCC. The van der Waals surface area contributed by atoms with E-state index in [1.807, 2.05) is 25.7 Å². The molecule has 0 spiro atoms. The second-order valence-corrected chi connectivity index (χ2v) is 6.35. The zero-order valence-electron chi connectivity index (χ0n) is 13.0. The smallest absolute Gasteiger partial charge is 0.0887 e. The van der Waals surface area contributed by atoms with Gasteiger partial charge in [-0.15, -0.1) is 0 Å². The van der Waals surface area contributed by atoms with Crippen LogP contribution in [0.5, 0.6) is 0 Å². The lowest BCUT2D eigenvalue weighted by Gasteiger charge is -2.37. The van der Waals surface area contributed by atoms with Crippen LogP contribution < -0.4 is 0 Å². The topological polar surface area (TPSA) is 71.4 Å². The van der Waals surface area contributed by atoms with Gasteiger partial charge in [0.15, 0.2) is 0 Å². The Balaban J connectivity index is 4.34. The normalized spacial score (nSPS) is 13.1. The molecule has 0 aromatic rings. The van der Waals surface area contributed by atoms with E-state index in [1.165, 1.54) is 0 Å². The van der Waals surface area contributed by atoms with E-state index in [-0.39, 0.29) is 13.2 Å². The minimum absolute atomic E-state index is 0.0976. The molecule has 0 rings (SSSR count). The second kappa shape index (κ2) is 12.8. The van der Waals surface area contributed by atoms with Gasteiger partial charge in [-0.25, -0.2) is 0 Å². The number of aliphatic hydroxyl groups is 2. The van der Waals surface area contributed by atoms with Crippen LogP contribution in [0.15, 0.2) is 0 Å². The van der Waals surface area contributed by atoms with Crippen LogP contribution in [0, 0.1) is 0 Å². The van der Waals surface area contributed by atoms with Crippen molar-refractivity contribution in [3.05, 3.63) is 0 Å². The summed E-state index contributed by atoms with van der Waals surface area (Å²) in [4.78, 5) is 2.02. The Hall–Kier alpha value is 0.110. The molecule has 0 unspecified atom stereocenters. The average Bonchev–Trinajstić information content (AvgIpc) is 2.40. The van der Waals surface area contributed by atoms with Crippen molar-refractivity contribution in [3.8, 4) is 0 Å². The van der Waals surface area contributed by atoms with Crippen LogP contribution in [0.25, 0.3) is 0 Å². The number of hydrogen-bond acceptors (Lipinski definition) is 6. The maximum atomic E-state index is 8.98. The van der Waals surface area contributed by atoms with Crippen molar-refractivity contribution < 1.29 is 22.8 Å². The van der Waals surface area contributed by atoms with Gasteiger partial charge in [-0.2, -0.15) is 0 Å². The van der Waals surface area contributed by atoms with Gasteiger partial charge in [-0.1, -0.05) is 0 Å². The van der Waals surface area contributed by atoms with Gasteiger partial charge in [0, 0.05) is 18.8 Å². The third kappa shape index (κ3) is 8.41. The van der Waals surface area contributed by atoms with E-state index in [0.717, 1.165) is 13.0 Å². The van der Waals surface area contributed by atoms with E-state index < -0.39 is 10.9 Å². The van der Waals surface area contributed by atoms with Crippen LogP contribution in [0.1, 0.15) is 27.2 Å². The van der Waals surface area contributed by atoms with Crippen molar-refractivity contribution in [3.63, 3.8) is 0 Å². The molecule has 6 nitrogen and oxygen atoms in total. The van der Waals surface area contributed by atoms with Crippen LogP contribution >= 0.6 is 10.9 Å². The van der Waals surface area contributed by atoms with Crippen molar-refractivity contribution in [2.75, 3.05) is 58.4 Å². The first-order chi connectivity index (χ1) is 9.67. The number of nitrogens with zero attached hydrogens (tertiary/aromatic N) is 1. The summed E-state index contributed by atoms with van der Waals surface area (Å²) < 4.78 is 17.2. The zero-order chi connectivity index (χ0) is 15.3. The Labute approximate surface area is 124 Å². The van der Waals surface area contributed by atoms with E-state index in [9.17, 15) is 0 Å². The first kappa shape index (κ1) is 20.1. The number of aliphatic hydroxyl groups excluding tert-OH is 2. The maximum Gasteiger partial charge on any atom is 0.0887 e. The lowest BCUT2D eigenvalue weighted by molar-refractivity contribution is 0.158. The summed E-state index contributed by atoms with van der Waals surface area (Å²) in [6.45, 7) is 9.60. The fraction of sp³-hybridized carbons (Fsp3) is 1.00. The van der Waals surface area contributed by atoms with Gasteiger partial charge in [-0.05, 0) is 33.7 Å². The summed E-state index contributed by atoms with van der Waals surface area (Å²) in [6.07, 6.45) is 0.843. The third-order valence-corrected chi connectivity index (χ3v) is 5.17. The van der Waals surface area contributed by atoms with Crippen molar-refractivity contribution in [1.82, 2.24) is 4.90 Å².